The number of carbonyl (C=O) groups excluding carboxylic acids is 1. The maximum atomic E-state index is 13.1. The molecule has 7 heteroatoms. The minimum absolute atomic E-state index is 0.190. The third kappa shape index (κ3) is 3.31. The van der Waals surface area contributed by atoms with Crippen LogP contribution in [0.15, 0.2) is 66.1 Å². The fraction of sp³-hybridized carbons (Fsp3) is 0.150. The molecule has 136 valence electrons. The number of aryl methyl sites for hydroxylation is 1. The summed E-state index contributed by atoms with van der Waals surface area (Å²) in [5.74, 6) is 0.407. The second-order valence-electron chi connectivity index (χ2n) is 6.47. The number of carbonyl (C=O) groups is 1. The van der Waals surface area contributed by atoms with E-state index in [1.165, 1.54) is 6.33 Å². The molecule has 0 spiro atoms. The van der Waals surface area contributed by atoms with Crippen molar-refractivity contribution in [1.82, 2.24) is 14.8 Å². The zero-order valence-corrected chi connectivity index (χ0v) is 15.7. The van der Waals surface area contributed by atoms with E-state index in [0.29, 0.717) is 16.5 Å². The normalized spacial score (nSPS) is 15.9. The van der Waals surface area contributed by atoms with Gasteiger partial charge in [-0.25, -0.2) is 4.68 Å². The monoisotopic (exact) mass is 379 g/mol. The van der Waals surface area contributed by atoms with Crippen molar-refractivity contribution >= 4 is 29.1 Å². The molecule has 2 N–H and O–H groups in total. The lowest BCUT2D eigenvalue weighted by molar-refractivity contribution is -0.113. The van der Waals surface area contributed by atoms with Crippen molar-refractivity contribution in [3.63, 3.8) is 0 Å². The molecule has 3 aromatic rings. The number of fused-ring (bicyclic) bond motifs is 1. The Labute approximate surface area is 161 Å². The van der Waals surface area contributed by atoms with Crippen LogP contribution < -0.4 is 10.6 Å². The van der Waals surface area contributed by atoms with Gasteiger partial charge in [-0.15, -0.1) is 0 Å². The summed E-state index contributed by atoms with van der Waals surface area (Å²) < 4.78 is 1.71. The highest BCUT2D eigenvalue weighted by Crippen LogP contribution is 2.35. The van der Waals surface area contributed by atoms with E-state index in [1.807, 2.05) is 50.2 Å². The molecular formula is C20H18ClN5O. The molecule has 4 rings (SSSR count). The number of amides is 1. The van der Waals surface area contributed by atoms with E-state index in [0.717, 1.165) is 22.5 Å². The van der Waals surface area contributed by atoms with Gasteiger partial charge in [0.1, 0.15) is 12.4 Å². The summed E-state index contributed by atoms with van der Waals surface area (Å²) in [5, 5.41) is 11.1. The van der Waals surface area contributed by atoms with E-state index in [9.17, 15) is 4.79 Å². The fourth-order valence-corrected chi connectivity index (χ4v) is 3.30. The Hall–Kier alpha value is -3.12. The summed E-state index contributed by atoms with van der Waals surface area (Å²) >= 11 is 6.04. The van der Waals surface area contributed by atoms with Crippen LogP contribution in [-0.2, 0) is 4.79 Å². The number of halogens is 1. The predicted molar refractivity (Wildman–Crippen MR) is 106 cm³/mol. The van der Waals surface area contributed by atoms with Gasteiger partial charge in [0.15, 0.2) is 0 Å². The van der Waals surface area contributed by atoms with E-state index in [1.54, 1.807) is 16.8 Å². The predicted octanol–water partition coefficient (Wildman–Crippen LogP) is 4.17. The van der Waals surface area contributed by atoms with Crippen molar-refractivity contribution < 1.29 is 4.79 Å². The van der Waals surface area contributed by atoms with E-state index in [-0.39, 0.29) is 5.91 Å². The second kappa shape index (κ2) is 6.89. The van der Waals surface area contributed by atoms with E-state index in [2.05, 4.69) is 20.7 Å². The van der Waals surface area contributed by atoms with E-state index < -0.39 is 6.04 Å². The van der Waals surface area contributed by atoms with Gasteiger partial charge in [0, 0.05) is 16.4 Å². The molecule has 1 aliphatic rings. The Balaban J connectivity index is 1.74. The van der Waals surface area contributed by atoms with Crippen molar-refractivity contribution in [3.05, 3.63) is 82.3 Å². The third-order valence-corrected chi connectivity index (χ3v) is 4.79. The van der Waals surface area contributed by atoms with Crippen molar-refractivity contribution in [1.29, 1.82) is 0 Å². The number of hydrogen-bond donors (Lipinski definition) is 2. The van der Waals surface area contributed by atoms with Crippen molar-refractivity contribution in [2.75, 3.05) is 10.6 Å². The Kier molecular flexibility index (Phi) is 4.41. The van der Waals surface area contributed by atoms with Crippen LogP contribution in [0.25, 0.3) is 0 Å². The van der Waals surface area contributed by atoms with Crippen molar-refractivity contribution in [2.24, 2.45) is 0 Å². The minimum atomic E-state index is -0.397. The highest BCUT2D eigenvalue weighted by Gasteiger charge is 2.33. The zero-order chi connectivity index (χ0) is 19.0. The van der Waals surface area contributed by atoms with Gasteiger partial charge in [-0.3, -0.25) is 4.79 Å². The molecule has 6 nitrogen and oxygen atoms in total. The largest absolute Gasteiger partial charge is 0.328 e. The molecule has 2 aromatic carbocycles. The van der Waals surface area contributed by atoms with Crippen LogP contribution >= 0.6 is 11.6 Å². The van der Waals surface area contributed by atoms with Gasteiger partial charge >= 0.3 is 0 Å². The second-order valence-corrected chi connectivity index (χ2v) is 6.90. The Morgan fingerprint density at radius 3 is 2.52 bits per heavy atom. The Morgan fingerprint density at radius 2 is 1.81 bits per heavy atom. The van der Waals surface area contributed by atoms with Crippen molar-refractivity contribution in [3.8, 4) is 0 Å². The summed E-state index contributed by atoms with van der Waals surface area (Å²) in [7, 11) is 0. The molecule has 0 radical (unpaired) electrons. The lowest BCUT2D eigenvalue weighted by atomic mass is 9.95. The Morgan fingerprint density at radius 1 is 1.11 bits per heavy atom. The summed E-state index contributed by atoms with van der Waals surface area (Å²) in [6.45, 7) is 3.87. The van der Waals surface area contributed by atoms with E-state index in [4.69, 9.17) is 11.6 Å². The van der Waals surface area contributed by atoms with Crippen LogP contribution in [0, 0.1) is 6.92 Å². The molecular weight excluding hydrogens is 362 g/mol. The average Bonchev–Trinajstić information content (AvgIpc) is 3.11. The third-order valence-electron chi connectivity index (χ3n) is 4.53. The first kappa shape index (κ1) is 17.3. The zero-order valence-electron chi connectivity index (χ0n) is 14.9. The van der Waals surface area contributed by atoms with Gasteiger partial charge in [-0.1, -0.05) is 41.4 Å². The molecule has 0 aliphatic carbocycles. The van der Waals surface area contributed by atoms with Crippen LogP contribution in [0.4, 0.5) is 11.6 Å². The molecule has 27 heavy (non-hydrogen) atoms. The molecule has 1 atom stereocenters. The van der Waals surface area contributed by atoms with Crippen LogP contribution in [0.3, 0.4) is 0 Å². The van der Waals surface area contributed by atoms with Crippen LogP contribution in [-0.4, -0.2) is 20.7 Å². The number of nitrogens with zero attached hydrogens (tertiary/aromatic N) is 3. The first-order valence-electron chi connectivity index (χ1n) is 8.54. The highest BCUT2D eigenvalue weighted by molar-refractivity contribution is 6.30. The number of allylic oxidation sites excluding steroid dienone is 1. The summed E-state index contributed by atoms with van der Waals surface area (Å²) in [5.41, 5.74) is 4.09. The molecule has 1 amide bonds. The number of anilines is 2. The molecule has 0 unspecified atom stereocenters. The molecule has 1 aromatic heterocycles. The van der Waals surface area contributed by atoms with Gasteiger partial charge in [0.05, 0.1) is 5.57 Å². The summed E-state index contributed by atoms with van der Waals surface area (Å²) in [4.78, 5) is 17.4. The van der Waals surface area contributed by atoms with Gasteiger partial charge in [0.2, 0.25) is 5.95 Å². The number of hydrogen-bond acceptors (Lipinski definition) is 4. The van der Waals surface area contributed by atoms with E-state index >= 15 is 0 Å². The molecule has 0 fully saturated rings. The Bertz CT molecular complexity index is 1020. The summed E-state index contributed by atoms with van der Waals surface area (Å²) in [6, 6.07) is 14.7. The van der Waals surface area contributed by atoms with Crippen LogP contribution in [0.1, 0.15) is 24.1 Å². The summed E-state index contributed by atoms with van der Waals surface area (Å²) in [6.07, 6.45) is 1.47. The molecule has 1 aliphatic heterocycles. The smallest absolute Gasteiger partial charge is 0.255 e. The number of nitrogens with one attached hydrogen (secondary N) is 2. The maximum Gasteiger partial charge on any atom is 0.255 e. The topological polar surface area (TPSA) is 71.8 Å². The fourth-order valence-electron chi connectivity index (χ4n) is 3.17. The van der Waals surface area contributed by atoms with Gasteiger partial charge in [0.25, 0.3) is 5.91 Å². The first-order chi connectivity index (χ1) is 13.0. The molecule has 0 saturated heterocycles. The van der Waals surface area contributed by atoms with Crippen LogP contribution in [0.2, 0.25) is 5.02 Å². The van der Waals surface area contributed by atoms with Crippen LogP contribution in [0.5, 0.6) is 0 Å². The number of aromatic nitrogens is 3. The van der Waals surface area contributed by atoms with Gasteiger partial charge in [-0.05, 0) is 43.7 Å². The quantitative estimate of drug-likeness (QED) is 0.716. The van der Waals surface area contributed by atoms with Gasteiger partial charge < -0.3 is 10.6 Å². The highest BCUT2D eigenvalue weighted by atomic mass is 35.5. The van der Waals surface area contributed by atoms with Gasteiger partial charge in [-0.2, -0.15) is 10.1 Å². The lowest BCUT2D eigenvalue weighted by Gasteiger charge is -2.28. The molecule has 2 heterocycles. The molecule has 0 bridgehead atoms. The number of rotatable bonds is 3. The number of benzene rings is 2. The lowest BCUT2D eigenvalue weighted by Crippen LogP contribution is -2.31. The van der Waals surface area contributed by atoms with Crippen molar-refractivity contribution in [2.45, 2.75) is 19.9 Å². The first-order valence-corrected chi connectivity index (χ1v) is 8.91. The molecule has 0 saturated carbocycles. The maximum absolute atomic E-state index is 13.1. The average molecular weight is 380 g/mol. The minimum Gasteiger partial charge on any atom is -0.328 e. The standard InChI is InChI=1S/C20H18ClN5O/c1-12-3-9-16(10-4-12)25-19(27)17-13(2)24-20-22-11-23-26(20)18(17)14-5-7-15(21)8-6-14/h3-11,18H,1-2H3,(H,25,27)(H,22,23,24)/t18-/m0/s1. The SMILES string of the molecule is CC1=C(C(=O)Nc2ccc(C)cc2)[C@H](c2ccc(Cl)cc2)n2ncnc2N1.